The lowest BCUT2D eigenvalue weighted by Gasteiger charge is -2.15. The first-order chi connectivity index (χ1) is 4.57. The highest BCUT2D eigenvalue weighted by Gasteiger charge is 2.11. The predicted molar refractivity (Wildman–Crippen MR) is 48.4 cm³/mol. The van der Waals surface area contributed by atoms with Gasteiger partial charge in [0.25, 0.3) is 0 Å². The Balaban J connectivity index is 3.61. The molecule has 0 heterocycles. The summed E-state index contributed by atoms with van der Waals surface area (Å²) < 4.78 is 0. The summed E-state index contributed by atoms with van der Waals surface area (Å²) in [6.45, 7) is 7.69. The van der Waals surface area contributed by atoms with Crippen LogP contribution in [-0.2, 0) is 0 Å². The Morgan fingerprint density at radius 2 is 2.20 bits per heavy atom. The molecule has 2 atom stereocenters. The lowest BCUT2D eigenvalue weighted by molar-refractivity contribution is 0.128. The Bertz CT molecular complexity index is 112. The van der Waals surface area contributed by atoms with Crippen molar-refractivity contribution in [1.29, 1.82) is 0 Å². The molecule has 0 aromatic rings. The van der Waals surface area contributed by atoms with Crippen LogP contribution in [-0.4, -0.2) is 16.5 Å². The average Bonchev–Trinajstić information content (AvgIpc) is 1.85. The minimum Gasteiger partial charge on any atom is -0.392 e. The van der Waals surface area contributed by atoms with Crippen molar-refractivity contribution in [3.05, 3.63) is 12.2 Å². The largest absolute Gasteiger partial charge is 0.392 e. The summed E-state index contributed by atoms with van der Waals surface area (Å²) in [5.74, 6) is 0.316. The summed E-state index contributed by atoms with van der Waals surface area (Å²) in [5.41, 5.74) is 1.04. The van der Waals surface area contributed by atoms with Crippen molar-refractivity contribution in [3.63, 3.8) is 0 Å². The van der Waals surface area contributed by atoms with Gasteiger partial charge in [0.15, 0.2) is 0 Å². The molecule has 0 aromatic heterocycles. The Labute approximate surface area is 71.3 Å². The fourth-order valence-electron chi connectivity index (χ4n) is 0.661. The number of alkyl halides is 1. The summed E-state index contributed by atoms with van der Waals surface area (Å²) in [6.07, 6.45) is 0.476. The first-order valence-corrected chi connectivity index (χ1v) is 4.58. The summed E-state index contributed by atoms with van der Waals surface area (Å²) in [5, 5.41) is 10.2. The van der Waals surface area contributed by atoms with Crippen LogP contribution in [0.5, 0.6) is 0 Å². The van der Waals surface area contributed by atoms with Crippen molar-refractivity contribution in [2.45, 2.75) is 26.4 Å². The van der Waals surface area contributed by atoms with Crippen molar-refractivity contribution in [2.24, 2.45) is 5.92 Å². The van der Waals surface area contributed by atoms with Crippen molar-refractivity contribution in [1.82, 2.24) is 0 Å². The van der Waals surface area contributed by atoms with E-state index < -0.39 is 0 Å². The Morgan fingerprint density at radius 1 is 1.70 bits per heavy atom. The van der Waals surface area contributed by atoms with E-state index in [0.29, 0.717) is 12.3 Å². The normalized spacial score (nSPS) is 16.4. The zero-order valence-electron chi connectivity index (χ0n) is 6.60. The molecule has 0 bridgehead atoms. The van der Waals surface area contributed by atoms with E-state index in [1.165, 1.54) is 0 Å². The molecule has 0 aliphatic heterocycles. The molecule has 0 spiro atoms. The van der Waals surface area contributed by atoms with Crippen molar-refractivity contribution >= 4 is 15.9 Å². The van der Waals surface area contributed by atoms with Crippen LogP contribution in [0.1, 0.15) is 20.3 Å². The van der Waals surface area contributed by atoms with Crippen molar-refractivity contribution in [2.75, 3.05) is 5.33 Å². The van der Waals surface area contributed by atoms with Crippen LogP contribution in [0.15, 0.2) is 12.2 Å². The van der Waals surface area contributed by atoms with Gasteiger partial charge in [0.1, 0.15) is 0 Å². The lowest BCUT2D eigenvalue weighted by atomic mass is 10.0. The van der Waals surface area contributed by atoms with E-state index in [-0.39, 0.29) is 6.10 Å². The first kappa shape index (κ1) is 10.2. The monoisotopic (exact) mass is 206 g/mol. The highest BCUT2D eigenvalue weighted by atomic mass is 79.9. The van der Waals surface area contributed by atoms with Crippen molar-refractivity contribution < 1.29 is 5.11 Å². The molecular weight excluding hydrogens is 192 g/mol. The van der Waals surface area contributed by atoms with Crippen LogP contribution in [0.4, 0.5) is 0 Å². The Kier molecular flexibility index (Phi) is 5.00. The molecule has 0 aromatic carbocycles. The van der Waals surface area contributed by atoms with Gasteiger partial charge in [-0.05, 0) is 19.3 Å². The van der Waals surface area contributed by atoms with Crippen LogP contribution < -0.4 is 0 Å². The maximum Gasteiger partial charge on any atom is 0.0610 e. The maximum atomic E-state index is 9.40. The first-order valence-electron chi connectivity index (χ1n) is 3.46. The zero-order valence-corrected chi connectivity index (χ0v) is 8.19. The molecule has 0 aliphatic rings. The molecule has 0 radical (unpaired) electrons. The standard InChI is InChI=1S/C8H15BrO/c1-6(2)4-8(10)7(3)5-9/h7-8,10H,1,4-5H2,2-3H3. The van der Waals surface area contributed by atoms with Gasteiger partial charge in [-0.15, -0.1) is 6.58 Å². The predicted octanol–water partition coefficient (Wildman–Crippen LogP) is 2.34. The molecule has 1 nitrogen and oxygen atoms in total. The van der Waals surface area contributed by atoms with Crippen LogP contribution >= 0.6 is 15.9 Å². The lowest BCUT2D eigenvalue weighted by Crippen LogP contribution is -2.18. The van der Waals surface area contributed by atoms with E-state index in [4.69, 9.17) is 0 Å². The second-order valence-electron chi connectivity index (χ2n) is 2.86. The maximum absolute atomic E-state index is 9.40. The molecule has 0 aliphatic carbocycles. The number of aliphatic hydroxyl groups excluding tert-OH is 1. The molecule has 1 N–H and O–H groups in total. The molecule has 10 heavy (non-hydrogen) atoms. The van der Waals surface area contributed by atoms with Gasteiger partial charge in [0.05, 0.1) is 6.10 Å². The summed E-state index contributed by atoms with van der Waals surface area (Å²) in [6, 6.07) is 0. The molecular formula is C8H15BrO. The average molecular weight is 207 g/mol. The minimum absolute atomic E-state index is 0.239. The van der Waals surface area contributed by atoms with Gasteiger partial charge in [-0.3, -0.25) is 0 Å². The van der Waals surface area contributed by atoms with Gasteiger partial charge >= 0.3 is 0 Å². The smallest absolute Gasteiger partial charge is 0.0610 e. The Hall–Kier alpha value is 0.180. The van der Waals surface area contributed by atoms with Gasteiger partial charge in [-0.2, -0.15) is 0 Å². The molecule has 0 amide bonds. The molecule has 0 fully saturated rings. The molecule has 2 unspecified atom stereocenters. The molecule has 2 heteroatoms. The van der Waals surface area contributed by atoms with E-state index in [2.05, 4.69) is 22.5 Å². The zero-order chi connectivity index (χ0) is 8.15. The summed E-state index contributed by atoms with van der Waals surface area (Å²) in [4.78, 5) is 0. The second-order valence-corrected chi connectivity index (χ2v) is 3.51. The third-order valence-corrected chi connectivity index (χ3v) is 2.48. The summed E-state index contributed by atoms with van der Waals surface area (Å²) >= 11 is 3.32. The van der Waals surface area contributed by atoms with Gasteiger partial charge < -0.3 is 5.11 Å². The quantitative estimate of drug-likeness (QED) is 0.554. The van der Waals surface area contributed by atoms with Gasteiger partial charge in [0, 0.05) is 5.33 Å². The van der Waals surface area contributed by atoms with E-state index in [9.17, 15) is 5.11 Å². The van der Waals surface area contributed by atoms with Crippen LogP contribution in [0.3, 0.4) is 0 Å². The highest BCUT2D eigenvalue weighted by molar-refractivity contribution is 9.09. The minimum atomic E-state index is -0.239. The highest BCUT2D eigenvalue weighted by Crippen LogP contribution is 2.13. The number of halogens is 1. The fourth-order valence-corrected chi connectivity index (χ4v) is 1.09. The Morgan fingerprint density at radius 3 is 2.50 bits per heavy atom. The van der Waals surface area contributed by atoms with E-state index >= 15 is 0 Å². The summed E-state index contributed by atoms with van der Waals surface area (Å²) in [7, 11) is 0. The van der Waals surface area contributed by atoms with Gasteiger partial charge in [-0.25, -0.2) is 0 Å². The van der Waals surface area contributed by atoms with Crippen LogP contribution in [0.2, 0.25) is 0 Å². The number of rotatable bonds is 4. The molecule has 60 valence electrons. The van der Waals surface area contributed by atoms with Gasteiger partial charge in [-0.1, -0.05) is 28.4 Å². The number of hydrogen-bond donors (Lipinski definition) is 1. The van der Waals surface area contributed by atoms with Crippen LogP contribution in [0, 0.1) is 5.92 Å². The van der Waals surface area contributed by atoms with Crippen LogP contribution in [0.25, 0.3) is 0 Å². The number of hydrogen-bond acceptors (Lipinski definition) is 1. The van der Waals surface area contributed by atoms with Crippen molar-refractivity contribution in [3.8, 4) is 0 Å². The molecule has 0 saturated heterocycles. The van der Waals surface area contributed by atoms with E-state index in [0.717, 1.165) is 10.9 Å². The van der Waals surface area contributed by atoms with E-state index in [1.807, 2.05) is 13.8 Å². The van der Waals surface area contributed by atoms with E-state index in [1.54, 1.807) is 0 Å². The molecule has 0 rings (SSSR count). The number of aliphatic hydroxyl groups is 1. The fraction of sp³-hybridized carbons (Fsp3) is 0.750. The SMILES string of the molecule is C=C(C)CC(O)C(C)CBr. The second kappa shape index (κ2) is 4.91. The third kappa shape index (κ3) is 4.07. The third-order valence-electron chi connectivity index (χ3n) is 1.46. The molecule has 0 saturated carbocycles. The van der Waals surface area contributed by atoms with Gasteiger partial charge in [0.2, 0.25) is 0 Å². The topological polar surface area (TPSA) is 20.2 Å².